The average Bonchev–Trinajstić information content (AvgIpc) is 3.53. The Morgan fingerprint density at radius 2 is 1.83 bits per heavy atom. The average molecular weight is 585 g/mol. The maximum Gasteiger partial charge on any atom is 0.471 e. The number of carbonyl (C=O) groups excluding carboxylic acids is 2. The van der Waals surface area contributed by atoms with Gasteiger partial charge >= 0.3 is 12.1 Å². The van der Waals surface area contributed by atoms with Gasteiger partial charge in [-0.25, -0.2) is 15.0 Å². The van der Waals surface area contributed by atoms with Crippen LogP contribution in [0, 0.1) is 0 Å². The number of anilines is 1. The molecular formula is C24H27F3N6O8. The van der Waals surface area contributed by atoms with E-state index in [1.165, 1.54) is 17.2 Å². The van der Waals surface area contributed by atoms with Crippen molar-refractivity contribution in [2.75, 3.05) is 45.1 Å². The Morgan fingerprint density at radius 1 is 1.07 bits per heavy atom. The quantitative estimate of drug-likeness (QED) is 0.161. The van der Waals surface area contributed by atoms with Crippen LogP contribution in [0.5, 0.6) is 0 Å². The van der Waals surface area contributed by atoms with Gasteiger partial charge in [-0.05, 0) is 12.1 Å². The van der Waals surface area contributed by atoms with E-state index in [2.05, 4.69) is 20.3 Å². The summed E-state index contributed by atoms with van der Waals surface area (Å²) < 4.78 is 59.7. The van der Waals surface area contributed by atoms with Gasteiger partial charge < -0.3 is 39.8 Å². The highest BCUT2D eigenvalue weighted by molar-refractivity contribution is 6.06. The predicted octanol–water partition coefficient (Wildman–Crippen LogP) is 0.384. The van der Waals surface area contributed by atoms with Gasteiger partial charge in [-0.3, -0.25) is 14.2 Å². The lowest BCUT2D eigenvalue weighted by Crippen LogP contribution is -2.38. The molecule has 4 rings (SSSR count). The van der Waals surface area contributed by atoms with Crippen LogP contribution in [0.25, 0.3) is 11.2 Å². The normalized spacial score (nSPS) is 20.8. The highest BCUT2D eigenvalue weighted by Gasteiger charge is 2.46. The van der Waals surface area contributed by atoms with Gasteiger partial charge in [0.25, 0.3) is 5.91 Å². The van der Waals surface area contributed by atoms with Crippen LogP contribution in [0.1, 0.15) is 16.6 Å². The summed E-state index contributed by atoms with van der Waals surface area (Å²) in [4.78, 5) is 36.0. The van der Waals surface area contributed by atoms with Gasteiger partial charge in [0.1, 0.15) is 31.4 Å². The molecule has 0 aliphatic carbocycles. The molecular weight excluding hydrogens is 557 g/mol. The molecule has 0 spiro atoms. The summed E-state index contributed by atoms with van der Waals surface area (Å²) in [6, 6.07) is 8.51. The molecule has 17 heteroatoms. The van der Waals surface area contributed by atoms with Crippen LogP contribution in [0.4, 0.5) is 19.0 Å². The molecule has 0 unspecified atom stereocenters. The lowest BCUT2D eigenvalue weighted by molar-refractivity contribution is -0.173. The zero-order chi connectivity index (χ0) is 29.4. The van der Waals surface area contributed by atoms with E-state index in [-0.39, 0.29) is 50.1 Å². The molecule has 4 N–H and O–H groups in total. The molecule has 3 heterocycles. The van der Waals surface area contributed by atoms with Crippen molar-refractivity contribution >= 4 is 28.8 Å². The zero-order valence-corrected chi connectivity index (χ0v) is 21.4. The van der Waals surface area contributed by atoms with E-state index in [9.17, 15) is 33.0 Å². The second-order valence-electron chi connectivity index (χ2n) is 8.63. The first-order chi connectivity index (χ1) is 19.7. The first-order valence-electron chi connectivity index (χ1n) is 12.3. The van der Waals surface area contributed by atoms with Crippen LogP contribution in [0.2, 0.25) is 0 Å². The predicted molar refractivity (Wildman–Crippen MR) is 132 cm³/mol. The van der Waals surface area contributed by atoms with E-state index in [0.29, 0.717) is 5.56 Å². The zero-order valence-electron chi connectivity index (χ0n) is 21.4. The lowest BCUT2D eigenvalue weighted by Gasteiger charge is -2.22. The number of alkyl halides is 3. The Morgan fingerprint density at radius 3 is 2.56 bits per heavy atom. The number of aliphatic hydroxyl groups is 2. The Labute approximate surface area is 230 Å². The number of carbonyl (C=O) groups is 2. The van der Waals surface area contributed by atoms with Crippen molar-refractivity contribution in [2.45, 2.75) is 30.7 Å². The molecule has 1 aliphatic heterocycles. The third-order valence-electron chi connectivity index (χ3n) is 5.90. The van der Waals surface area contributed by atoms with Gasteiger partial charge in [0.2, 0.25) is 0 Å². The van der Waals surface area contributed by atoms with E-state index in [4.69, 9.17) is 18.9 Å². The number of nitrogens with one attached hydrogen (secondary N) is 2. The molecule has 14 nitrogen and oxygen atoms in total. The van der Waals surface area contributed by atoms with Gasteiger partial charge in [0, 0.05) is 12.1 Å². The standard InChI is InChI=1S/C24H27F3N6O8/c25-24(26,27)23(37)28-6-7-38-8-9-39-13-40-18-17(35)15(10-34)41-22(18)33-12-31-16-19(29-11-30-20(16)33)32-21(36)14-4-2-1-3-5-14/h1-5,11-12,15,17-18,22,34-35H,6-10,13H2,(H,28,37)(H,29,30,32,36)/t15-,17-,18-,22-/m1/s1. The number of fused-ring (bicyclic) bond motifs is 1. The second kappa shape index (κ2) is 13.7. The van der Waals surface area contributed by atoms with E-state index < -0.39 is 49.1 Å². The minimum atomic E-state index is -4.96. The van der Waals surface area contributed by atoms with E-state index in [0.717, 1.165) is 0 Å². The van der Waals surface area contributed by atoms with Crippen molar-refractivity contribution in [3.63, 3.8) is 0 Å². The monoisotopic (exact) mass is 584 g/mol. The fraction of sp³-hybridized carbons (Fsp3) is 0.458. The summed E-state index contributed by atoms with van der Waals surface area (Å²) in [7, 11) is 0. The van der Waals surface area contributed by atoms with Gasteiger partial charge in [-0.15, -0.1) is 0 Å². The summed E-state index contributed by atoms with van der Waals surface area (Å²) in [5.74, 6) is -2.30. The molecule has 0 bridgehead atoms. The van der Waals surface area contributed by atoms with Crippen molar-refractivity contribution in [3.8, 4) is 0 Å². The SMILES string of the molecule is O=C(Nc1ncnc2c1ncn2[C@@H]1O[C@H](CO)[C@@H](O)[C@H]1OCOCCOCCNC(=O)C(F)(F)F)c1ccccc1. The fourth-order valence-electron chi connectivity index (χ4n) is 3.91. The molecule has 4 atom stereocenters. The summed E-state index contributed by atoms with van der Waals surface area (Å²) in [5.41, 5.74) is 0.930. The molecule has 2 amide bonds. The number of amides is 2. The number of halogens is 3. The topological polar surface area (TPSA) is 179 Å². The van der Waals surface area contributed by atoms with E-state index >= 15 is 0 Å². The molecule has 222 valence electrons. The maximum atomic E-state index is 12.6. The van der Waals surface area contributed by atoms with Crippen molar-refractivity contribution in [1.29, 1.82) is 0 Å². The number of hydrogen-bond donors (Lipinski definition) is 4. The van der Waals surface area contributed by atoms with Crippen molar-refractivity contribution in [3.05, 3.63) is 48.5 Å². The van der Waals surface area contributed by atoms with Crippen LogP contribution in [0.15, 0.2) is 43.0 Å². The third kappa shape index (κ3) is 7.51. The summed E-state index contributed by atoms with van der Waals surface area (Å²) >= 11 is 0. The molecule has 1 saturated heterocycles. The molecule has 1 aromatic carbocycles. The fourth-order valence-corrected chi connectivity index (χ4v) is 3.91. The summed E-state index contributed by atoms with van der Waals surface area (Å²) in [6.07, 6.45) is -6.62. The molecule has 2 aromatic heterocycles. The number of hydrogen-bond acceptors (Lipinski definition) is 11. The Balaban J connectivity index is 1.33. The largest absolute Gasteiger partial charge is 0.471 e. The van der Waals surface area contributed by atoms with Crippen LogP contribution in [-0.4, -0.2) is 106 Å². The summed E-state index contributed by atoms with van der Waals surface area (Å²) in [6.45, 7) is -1.32. The molecule has 1 aliphatic rings. The molecule has 0 radical (unpaired) electrons. The summed E-state index contributed by atoms with van der Waals surface area (Å²) in [5, 5.41) is 24.7. The number of aromatic nitrogens is 4. The van der Waals surface area contributed by atoms with Crippen molar-refractivity contribution < 1.29 is 51.9 Å². The van der Waals surface area contributed by atoms with Gasteiger partial charge in [0.05, 0.1) is 32.8 Å². The van der Waals surface area contributed by atoms with Crippen molar-refractivity contribution in [2.24, 2.45) is 0 Å². The minimum Gasteiger partial charge on any atom is -0.394 e. The first-order valence-corrected chi connectivity index (χ1v) is 12.3. The first kappa shape index (κ1) is 30.2. The number of nitrogens with zero attached hydrogens (tertiary/aromatic N) is 4. The van der Waals surface area contributed by atoms with Crippen LogP contribution in [-0.2, 0) is 23.7 Å². The Hall–Kier alpha value is -3.74. The van der Waals surface area contributed by atoms with Crippen molar-refractivity contribution in [1.82, 2.24) is 24.8 Å². The Bertz CT molecular complexity index is 1310. The smallest absolute Gasteiger partial charge is 0.394 e. The van der Waals surface area contributed by atoms with Gasteiger partial charge in [0.15, 0.2) is 23.2 Å². The number of aliphatic hydroxyl groups excluding tert-OH is 2. The molecule has 3 aromatic rings. The van der Waals surface area contributed by atoms with Crippen LogP contribution >= 0.6 is 0 Å². The van der Waals surface area contributed by atoms with Gasteiger partial charge in [-0.2, -0.15) is 13.2 Å². The number of imidazole rings is 1. The highest BCUT2D eigenvalue weighted by Crippen LogP contribution is 2.34. The Kier molecular flexibility index (Phi) is 10.1. The van der Waals surface area contributed by atoms with Gasteiger partial charge in [-0.1, -0.05) is 18.2 Å². The van der Waals surface area contributed by atoms with Crippen LogP contribution in [0.3, 0.4) is 0 Å². The highest BCUT2D eigenvalue weighted by atomic mass is 19.4. The molecule has 0 saturated carbocycles. The maximum absolute atomic E-state index is 12.6. The lowest BCUT2D eigenvalue weighted by atomic mass is 10.1. The van der Waals surface area contributed by atoms with E-state index in [1.54, 1.807) is 35.6 Å². The van der Waals surface area contributed by atoms with Crippen LogP contribution < -0.4 is 10.6 Å². The second-order valence-corrected chi connectivity index (χ2v) is 8.63. The number of ether oxygens (including phenoxy) is 4. The molecule has 41 heavy (non-hydrogen) atoms. The van der Waals surface area contributed by atoms with E-state index in [1.807, 2.05) is 0 Å². The number of benzene rings is 1. The molecule has 1 fully saturated rings. The third-order valence-corrected chi connectivity index (χ3v) is 5.90. The number of rotatable bonds is 13. The minimum absolute atomic E-state index is 0.00177.